The molecule has 4 heteroatoms. The number of hydrogen-bond acceptors (Lipinski definition) is 3. The van der Waals surface area contributed by atoms with Crippen LogP contribution in [-0.2, 0) is 4.74 Å². The van der Waals surface area contributed by atoms with Crippen LogP contribution in [0.25, 0.3) is 0 Å². The van der Waals surface area contributed by atoms with Crippen LogP contribution < -0.4 is 10.6 Å². The van der Waals surface area contributed by atoms with Gasteiger partial charge in [-0.3, -0.25) is 4.79 Å². The van der Waals surface area contributed by atoms with Crippen molar-refractivity contribution in [2.24, 2.45) is 5.92 Å². The van der Waals surface area contributed by atoms with Gasteiger partial charge in [-0.1, -0.05) is 0 Å². The summed E-state index contributed by atoms with van der Waals surface area (Å²) in [7, 11) is 1.88. The molecular formula is C14H20N2O2. The van der Waals surface area contributed by atoms with E-state index in [1.54, 1.807) is 0 Å². The molecule has 18 heavy (non-hydrogen) atoms. The van der Waals surface area contributed by atoms with Crippen molar-refractivity contribution in [1.29, 1.82) is 0 Å². The fourth-order valence-electron chi connectivity index (χ4n) is 2.17. The first-order valence-corrected chi connectivity index (χ1v) is 6.35. The quantitative estimate of drug-likeness (QED) is 0.854. The number of carbonyl (C=O) groups excluding carboxylic acids is 1. The van der Waals surface area contributed by atoms with Crippen molar-refractivity contribution in [1.82, 2.24) is 5.32 Å². The molecule has 0 aromatic heterocycles. The zero-order valence-electron chi connectivity index (χ0n) is 11.0. The predicted molar refractivity (Wildman–Crippen MR) is 72.0 cm³/mol. The van der Waals surface area contributed by atoms with Crippen molar-refractivity contribution in [3.63, 3.8) is 0 Å². The van der Waals surface area contributed by atoms with Gasteiger partial charge in [-0.25, -0.2) is 0 Å². The van der Waals surface area contributed by atoms with Crippen molar-refractivity contribution < 1.29 is 9.53 Å². The Morgan fingerprint density at radius 1 is 1.50 bits per heavy atom. The van der Waals surface area contributed by atoms with E-state index in [9.17, 15) is 4.79 Å². The number of hydrogen-bond donors (Lipinski definition) is 2. The Labute approximate surface area is 108 Å². The van der Waals surface area contributed by atoms with Gasteiger partial charge in [0.05, 0.1) is 6.61 Å². The molecule has 1 saturated heterocycles. The third-order valence-corrected chi connectivity index (χ3v) is 3.33. The molecule has 2 N–H and O–H groups in total. The number of amides is 1. The van der Waals surface area contributed by atoms with Crippen LogP contribution in [0.1, 0.15) is 22.3 Å². The van der Waals surface area contributed by atoms with Gasteiger partial charge in [0.1, 0.15) is 0 Å². The number of aryl methyl sites for hydroxylation is 1. The van der Waals surface area contributed by atoms with Crippen LogP contribution in [0, 0.1) is 12.8 Å². The minimum atomic E-state index is -0.00680. The second-order valence-electron chi connectivity index (χ2n) is 4.72. The summed E-state index contributed by atoms with van der Waals surface area (Å²) in [6, 6.07) is 5.69. The van der Waals surface area contributed by atoms with Gasteiger partial charge in [0.15, 0.2) is 0 Å². The summed E-state index contributed by atoms with van der Waals surface area (Å²) in [5.74, 6) is 0.458. The number of anilines is 1. The van der Waals surface area contributed by atoms with Crippen LogP contribution in [0.5, 0.6) is 0 Å². The van der Waals surface area contributed by atoms with Crippen LogP contribution in [0.4, 0.5) is 5.69 Å². The molecule has 1 aromatic carbocycles. The molecule has 2 rings (SSSR count). The van der Waals surface area contributed by atoms with Crippen LogP contribution in [0.15, 0.2) is 18.2 Å². The Morgan fingerprint density at radius 2 is 2.33 bits per heavy atom. The topological polar surface area (TPSA) is 50.4 Å². The van der Waals surface area contributed by atoms with Crippen LogP contribution in [-0.4, -0.2) is 32.7 Å². The molecule has 0 saturated carbocycles. The van der Waals surface area contributed by atoms with Gasteiger partial charge in [-0.2, -0.15) is 0 Å². The third kappa shape index (κ3) is 3.01. The molecule has 1 aromatic rings. The van der Waals surface area contributed by atoms with E-state index in [-0.39, 0.29) is 5.91 Å². The Balaban J connectivity index is 1.93. The Bertz CT molecular complexity index is 426. The number of carbonyl (C=O) groups is 1. The van der Waals surface area contributed by atoms with Gasteiger partial charge in [0.2, 0.25) is 0 Å². The fraction of sp³-hybridized carbons (Fsp3) is 0.500. The average molecular weight is 248 g/mol. The highest BCUT2D eigenvalue weighted by Gasteiger charge is 2.16. The summed E-state index contributed by atoms with van der Waals surface area (Å²) in [5.41, 5.74) is 2.84. The second kappa shape index (κ2) is 5.87. The highest BCUT2D eigenvalue weighted by atomic mass is 16.5. The summed E-state index contributed by atoms with van der Waals surface area (Å²) in [4.78, 5) is 12.0. The summed E-state index contributed by atoms with van der Waals surface area (Å²) < 4.78 is 5.28. The maximum Gasteiger partial charge on any atom is 0.251 e. The molecule has 1 atom stereocenters. The standard InChI is InChI=1S/C14H20N2O2/c1-10-7-12(3-4-13(10)15-2)14(17)16-8-11-5-6-18-9-11/h3-4,7,11,15H,5-6,8-9H2,1-2H3,(H,16,17). The molecule has 4 nitrogen and oxygen atoms in total. The normalized spacial score (nSPS) is 18.7. The molecule has 1 unspecified atom stereocenters. The predicted octanol–water partition coefficient (Wildman–Crippen LogP) is 1.80. The SMILES string of the molecule is CNc1ccc(C(=O)NCC2CCOC2)cc1C. The van der Waals surface area contributed by atoms with Crippen molar-refractivity contribution in [3.8, 4) is 0 Å². The lowest BCUT2D eigenvalue weighted by Crippen LogP contribution is -2.29. The zero-order chi connectivity index (χ0) is 13.0. The van der Waals surface area contributed by atoms with E-state index in [1.165, 1.54) is 0 Å². The van der Waals surface area contributed by atoms with Crippen LogP contribution in [0.3, 0.4) is 0 Å². The first kappa shape index (κ1) is 12.9. The summed E-state index contributed by atoms with van der Waals surface area (Å²) in [5, 5.41) is 6.06. The summed E-state index contributed by atoms with van der Waals surface area (Å²) >= 11 is 0. The van der Waals surface area contributed by atoms with Gasteiger partial charge in [-0.15, -0.1) is 0 Å². The minimum absolute atomic E-state index is 0.00680. The molecule has 1 heterocycles. The van der Waals surface area contributed by atoms with E-state index < -0.39 is 0 Å². The summed E-state index contributed by atoms with van der Waals surface area (Å²) in [6.07, 6.45) is 1.04. The molecule has 0 radical (unpaired) electrons. The first-order valence-electron chi connectivity index (χ1n) is 6.35. The van der Waals surface area contributed by atoms with E-state index >= 15 is 0 Å². The van der Waals surface area contributed by atoms with Crippen LogP contribution >= 0.6 is 0 Å². The highest BCUT2D eigenvalue weighted by molar-refractivity contribution is 5.94. The molecule has 98 valence electrons. The average Bonchev–Trinajstić information content (AvgIpc) is 2.89. The van der Waals surface area contributed by atoms with E-state index in [0.717, 1.165) is 30.9 Å². The Kier molecular flexibility index (Phi) is 4.20. The van der Waals surface area contributed by atoms with Crippen LogP contribution in [0.2, 0.25) is 0 Å². The molecule has 0 spiro atoms. The largest absolute Gasteiger partial charge is 0.388 e. The van der Waals surface area contributed by atoms with E-state index in [1.807, 2.05) is 32.2 Å². The van der Waals surface area contributed by atoms with Gasteiger partial charge in [-0.05, 0) is 37.1 Å². The maximum absolute atomic E-state index is 12.0. The number of rotatable bonds is 4. The molecule has 0 aliphatic carbocycles. The monoisotopic (exact) mass is 248 g/mol. The highest BCUT2D eigenvalue weighted by Crippen LogP contribution is 2.16. The minimum Gasteiger partial charge on any atom is -0.388 e. The van der Waals surface area contributed by atoms with E-state index in [2.05, 4.69) is 10.6 Å². The van der Waals surface area contributed by atoms with E-state index in [0.29, 0.717) is 18.0 Å². The molecule has 0 bridgehead atoms. The van der Waals surface area contributed by atoms with Gasteiger partial charge in [0, 0.05) is 37.4 Å². The van der Waals surface area contributed by atoms with E-state index in [4.69, 9.17) is 4.74 Å². The van der Waals surface area contributed by atoms with Crippen molar-refractivity contribution in [3.05, 3.63) is 29.3 Å². The number of benzene rings is 1. The number of ether oxygens (including phenoxy) is 1. The van der Waals surface area contributed by atoms with Crippen molar-refractivity contribution in [2.45, 2.75) is 13.3 Å². The fourth-order valence-corrected chi connectivity index (χ4v) is 2.17. The van der Waals surface area contributed by atoms with Gasteiger partial charge in [0.25, 0.3) is 5.91 Å². The lowest BCUT2D eigenvalue weighted by molar-refractivity contribution is 0.0945. The molecular weight excluding hydrogens is 228 g/mol. The van der Waals surface area contributed by atoms with Gasteiger partial charge >= 0.3 is 0 Å². The molecule has 1 aliphatic rings. The Morgan fingerprint density at radius 3 is 2.94 bits per heavy atom. The summed E-state index contributed by atoms with van der Waals surface area (Å²) in [6.45, 7) is 4.27. The first-order chi connectivity index (χ1) is 8.70. The zero-order valence-corrected chi connectivity index (χ0v) is 11.0. The lowest BCUT2D eigenvalue weighted by Gasteiger charge is -2.11. The second-order valence-corrected chi connectivity index (χ2v) is 4.72. The molecule has 1 aliphatic heterocycles. The van der Waals surface area contributed by atoms with Gasteiger partial charge < -0.3 is 15.4 Å². The number of nitrogens with one attached hydrogen (secondary N) is 2. The Hall–Kier alpha value is -1.55. The van der Waals surface area contributed by atoms with Crippen molar-refractivity contribution in [2.75, 3.05) is 32.1 Å². The van der Waals surface area contributed by atoms with Crippen molar-refractivity contribution >= 4 is 11.6 Å². The smallest absolute Gasteiger partial charge is 0.251 e. The molecule has 1 amide bonds. The lowest BCUT2D eigenvalue weighted by atomic mass is 10.1. The third-order valence-electron chi connectivity index (χ3n) is 3.33. The molecule has 1 fully saturated rings. The maximum atomic E-state index is 12.0.